The number of nitrogens with zero attached hydrogens (tertiary/aromatic N) is 4. The van der Waals surface area contributed by atoms with E-state index in [0.29, 0.717) is 29.6 Å². The minimum Gasteiger partial charge on any atom is -0.339 e. The summed E-state index contributed by atoms with van der Waals surface area (Å²) in [6.07, 6.45) is 4.23. The Balaban J connectivity index is 1.37. The molecule has 7 nitrogen and oxygen atoms in total. The molecule has 3 aromatic heterocycles. The number of aromatic nitrogens is 5. The van der Waals surface area contributed by atoms with Crippen molar-refractivity contribution in [2.75, 3.05) is 0 Å². The van der Waals surface area contributed by atoms with Gasteiger partial charge in [-0.25, -0.2) is 10.1 Å². The maximum absolute atomic E-state index is 12.4. The lowest BCUT2D eigenvalue weighted by molar-refractivity contribution is 0.385. The molecule has 0 unspecified atom stereocenters. The molecule has 158 valence electrons. The van der Waals surface area contributed by atoms with Gasteiger partial charge in [-0.1, -0.05) is 43.3 Å². The fraction of sp³-hybridized carbons (Fsp3) is 0.348. The van der Waals surface area contributed by atoms with E-state index in [9.17, 15) is 4.79 Å². The third-order valence-corrected chi connectivity index (χ3v) is 6.60. The van der Waals surface area contributed by atoms with Gasteiger partial charge in [0, 0.05) is 10.9 Å². The van der Waals surface area contributed by atoms with E-state index in [1.807, 2.05) is 5.38 Å². The van der Waals surface area contributed by atoms with Crippen LogP contribution in [0.2, 0.25) is 0 Å². The second-order valence-electron chi connectivity index (χ2n) is 8.17. The number of aromatic amines is 1. The van der Waals surface area contributed by atoms with Gasteiger partial charge in [-0.05, 0) is 42.7 Å². The predicted molar refractivity (Wildman–Crippen MR) is 119 cm³/mol. The Morgan fingerprint density at radius 1 is 1.13 bits per heavy atom. The molecular formula is C23H23N5O2S. The summed E-state index contributed by atoms with van der Waals surface area (Å²) in [5.41, 5.74) is 5.38. The fourth-order valence-electron chi connectivity index (χ4n) is 3.94. The van der Waals surface area contributed by atoms with Gasteiger partial charge >= 0.3 is 0 Å². The zero-order valence-corrected chi connectivity index (χ0v) is 18.3. The number of hydrogen-bond acceptors (Lipinski definition) is 7. The summed E-state index contributed by atoms with van der Waals surface area (Å²) >= 11 is 1.60. The van der Waals surface area contributed by atoms with Gasteiger partial charge in [-0.2, -0.15) is 10.1 Å². The quantitative estimate of drug-likeness (QED) is 0.496. The molecular weight excluding hydrogens is 410 g/mol. The zero-order chi connectivity index (χ0) is 21.4. The van der Waals surface area contributed by atoms with Gasteiger partial charge in [-0.15, -0.1) is 11.3 Å². The molecule has 0 radical (unpaired) electrons. The van der Waals surface area contributed by atoms with Crippen LogP contribution < -0.4 is 5.56 Å². The molecule has 0 amide bonds. The zero-order valence-electron chi connectivity index (χ0n) is 17.5. The Labute approximate surface area is 183 Å². The topological polar surface area (TPSA) is 97.6 Å². The summed E-state index contributed by atoms with van der Waals surface area (Å²) in [5, 5.41) is 13.8. The van der Waals surface area contributed by atoms with Crippen LogP contribution in [0, 0.1) is 0 Å². The van der Waals surface area contributed by atoms with E-state index in [0.717, 1.165) is 53.2 Å². The number of H-pyrrole nitrogens is 1. The second-order valence-corrected chi connectivity index (χ2v) is 9.03. The number of benzene rings is 1. The van der Waals surface area contributed by atoms with E-state index >= 15 is 0 Å². The van der Waals surface area contributed by atoms with E-state index in [2.05, 4.69) is 58.5 Å². The number of fused-ring (bicyclic) bond motifs is 1. The van der Waals surface area contributed by atoms with Crippen molar-refractivity contribution in [1.29, 1.82) is 0 Å². The number of nitrogens with one attached hydrogen (secondary N) is 1. The molecule has 0 saturated heterocycles. The summed E-state index contributed by atoms with van der Waals surface area (Å²) in [4.78, 5) is 21.7. The lowest BCUT2D eigenvalue weighted by atomic mass is 9.93. The van der Waals surface area contributed by atoms with Crippen LogP contribution >= 0.6 is 11.3 Å². The van der Waals surface area contributed by atoms with Crippen LogP contribution in [-0.4, -0.2) is 25.3 Å². The molecule has 0 aliphatic heterocycles. The Hall–Kier alpha value is -3.13. The van der Waals surface area contributed by atoms with Crippen molar-refractivity contribution in [3.63, 3.8) is 0 Å². The van der Waals surface area contributed by atoms with Crippen molar-refractivity contribution >= 4 is 11.3 Å². The highest BCUT2D eigenvalue weighted by molar-refractivity contribution is 7.13. The van der Waals surface area contributed by atoms with Gasteiger partial charge < -0.3 is 4.52 Å². The Morgan fingerprint density at radius 3 is 2.74 bits per heavy atom. The maximum atomic E-state index is 12.4. The molecule has 1 aliphatic carbocycles. The molecule has 31 heavy (non-hydrogen) atoms. The molecule has 0 fully saturated rings. The van der Waals surface area contributed by atoms with Crippen LogP contribution in [0.1, 0.15) is 61.0 Å². The molecule has 0 atom stereocenters. The molecule has 5 rings (SSSR count). The first-order valence-electron chi connectivity index (χ1n) is 10.6. The third kappa shape index (κ3) is 3.95. The molecule has 0 saturated carbocycles. The number of aryl methyl sites for hydroxylation is 1. The van der Waals surface area contributed by atoms with Crippen molar-refractivity contribution in [2.45, 2.75) is 51.9 Å². The molecule has 1 aliphatic rings. The summed E-state index contributed by atoms with van der Waals surface area (Å²) in [6, 6.07) is 8.53. The van der Waals surface area contributed by atoms with Gasteiger partial charge in [0.25, 0.3) is 5.56 Å². The largest absolute Gasteiger partial charge is 0.339 e. The Kier molecular flexibility index (Phi) is 5.23. The van der Waals surface area contributed by atoms with Gasteiger partial charge in [-0.3, -0.25) is 4.79 Å². The number of hydrogen-bond donors (Lipinski definition) is 1. The molecule has 1 aromatic carbocycles. The van der Waals surface area contributed by atoms with Gasteiger partial charge in [0.1, 0.15) is 5.01 Å². The van der Waals surface area contributed by atoms with E-state index in [1.54, 1.807) is 11.3 Å². The monoisotopic (exact) mass is 433 g/mol. The van der Waals surface area contributed by atoms with Crippen molar-refractivity contribution < 1.29 is 4.52 Å². The minimum atomic E-state index is -0.270. The van der Waals surface area contributed by atoms with Crippen LogP contribution in [0.5, 0.6) is 0 Å². The van der Waals surface area contributed by atoms with E-state index in [-0.39, 0.29) is 5.56 Å². The summed E-state index contributed by atoms with van der Waals surface area (Å²) in [6.45, 7) is 4.37. The molecule has 1 N–H and O–H groups in total. The Bertz CT molecular complexity index is 1270. The van der Waals surface area contributed by atoms with Gasteiger partial charge in [0.2, 0.25) is 11.7 Å². The number of thiazole rings is 1. The van der Waals surface area contributed by atoms with Crippen LogP contribution in [0.15, 0.2) is 39.0 Å². The van der Waals surface area contributed by atoms with E-state index < -0.39 is 0 Å². The highest BCUT2D eigenvalue weighted by atomic mass is 32.1. The molecule has 0 bridgehead atoms. The summed E-state index contributed by atoms with van der Waals surface area (Å²) in [7, 11) is 0. The van der Waals surface area contributed by atoms with Crippen molar-refractivity contribution in [1.82, 2.24) is 25.3 Å². The average Bonchev–Trinajstić information content (AvgIpc) is 3.44. The van der Waals surface area contributed by atoms with Crippen LogP contribution in [0.25, 0.3) is 22.0 Å². The molecule has 8 heteroatoms. The fourth-order valence-corrected chi connectivity index (χ4v) is 4.77. The van der Waals surface area contributed by atoms with Crippen LogP contribution in [0.4, 0.5) is 0 Å². The number of rotatable bonds is 5. The van der Waals surface area contributed by atoms with E-state index in [4.69, 9.17) is 9.51 Å². The summed E-state index contributed by atoms with van der Waals surface area (Å²) in [5.74, 6) is 1.28. The molecule has 4 aromatic rings. The minimum absolute atomic E-state index is 0.270. The van der Waals surface area contributed by atoms with Crippen molar-refractivity contribution in [3.05, 3.63) is 68.4 Å². The van der Waals surface area contributed by atoms with Crippen LogP contribution in [0.3, 0.4) is 0 Å². The highest BCUT2D eigenvalue weighted by Crippen LogP contribution is 2.28. The smallest absolute Gasteiger partial charge is 0.275 e. The van der Waals surface area contributed by atoms with Crippen molar-refractivity contribution in [2.24, 2.45) is 0 Å². The SMILES string of the molecule is CC(C)c1ccc(-c2nc(Cc3nc(-c4c5c(n[nH]c4=O)CCCC5)no3)cs2)cc1. The highest BCUT2D eigenvalue weighted by Gasteiger charge is 2.23. The normalized spacial score (nSPS) is 13.5. The Morgan fingerprint density at radius 2 is 1.94 bits per heavy atom. The van der Waals surface area contributed by atoms with Gasteiger partial charge in [0.05, 0.1) is 23.4 Å². The standard InChI is InChI=1S/C23H23N5O2S/c1-13(2)14-7-9-15(10-8-14)23-24-16(12-31-23)11-19-25-21(28-30-19)20-17-5-3-4-6-18(17)26-27-22(20)29/h7-10,12-13H,3-6,11H2,1-2H3,(H,27,29). The molecule has 3 heterocycles. The first-order chi connectivity index (χ1) is 15.1. The second kappa shape index (κ2) is 8.19. The maximum Gasteiger partial charge on any atom is 0.275 e. The first kappa shape index (κ1) is 19.8. The lowest BCUT2D eigenvalue weighted by Crippen LogP contribution is -2.20. The van der Waals surface area contributed by atoms with Crippen LogP contribution in [-0.2, 0) is 19.3 Å². The van der Waals surface area contributed by atoms with Crippen molar-refractivity contribution in [3.8, 4) is 22.0 Å². The lowest BCUT2D eigenvalue weighted by Gasteiger charge is -2.15. The first-order valence-corrected chi connectivity index (χ1v) is 11.4. The third-order valence-electron chi connectivity index (χ3n) is 5.66. The van der Waals surface area contributed by atoms with E-state index in [1.165, 1.54) is 5.56 Å². The molecule has 0 spiro atoms. The summed E-state index contributed by atoms with van der Waals surface area (Å²) < 4.78 is 5.46. The average molecular weight is 434 g/mol. The predicted octanol–water partition coefficient (Wildman–Crippen LogP) is 4.54. The van der Waals surface area contributed by atoms with Gasteiger partial charge in [0.15, 0.2) is 0 Å².